The van der Waals surface area contributed by atoms with Gasteiger partial charge in [0, 0.05) is 18.2 Å². The summed E-state index contributed by atoms with van der Waals surface area (Å²) in [5, 5.41) is 4.80. The zero-order valence-electron chi connectivity index (χ0n) is 13.3. The minimum absolute atomic E-state index is 0.0891. The van der Waals surface area contributed by atoms with E-state index in [1.54, 1.807) is 24.3 Å². The van der Waals surface area contributed by atoms with E-state index in [1.807, 2.05) is 0 Å². The molecular weight excluding hydrogens is 315 g/mol. The van der Waals surface area contributed by atoms with E-state index in [0.717, 1.165) is 0 Å². The molecule has 0 aliphatic heterocycles. The van der Waals surface area contributed by atoms with Gasteiger partial charge in [-0.3, -0.25) is 9.59 Å². The predicted molar refractivity (Wildman–Crippen MR) is 86.4 cm³/mol. The number of nitrogens with one attached hydrogen (secondary N) is 2. The third kappa shape index (κ3) is 4.22. The van der Waals surface area contributed by atoms with Crippen LogP contribution in [0.1, 0.15) is 5.56 Å². The van der Waals surface area contributed by atoms with Crippen molar-refractivity contribution in [2.24, 2.45) is 0 Å². The first kappa shape index (κ1) is 17.3. The van der Waals surface area contributed by atoms with Crippen LogP contribution >= 0.6 is 0 Å². The summed E-state index contributed by atoms with van der Waals surface area (Å²) in [5.41, 5.74) is 0.584. The molecule has 0 bridgehead atoms. The zero-order valence-corrected chi connectivity index (χ0v) is 13.3. The van der Waals surface area contributed by atoms with Crippen LogP contribution in [-0.2, 0) is 16.1 Å². The number of rotatable bonds is 5. The summed E-state index contributed by atoms with van der Waals surface area (Å²) in [6, 6.07) is 10.8. The number of amides is 2. The van der Waals surface area contributed by atoms with Crippen molar-refractivity contribution in [3.8, 4) is 11.5 Å². The van der Waals surface area contributed by atoms with Crippen LogP contribution < -0.4 is 20.1 Å². The van der Waals surface area contributed by atoms with Crippen molar-refractivity contribution in [2.75, 3.05) is 19.5 Å². The molecule has 0 saturated heterocycles. The molecule has 0 fully saturated rings. The normalized spacial score (nSPS) is 9.96. The fraction of sp³-hybridized carbons (Fsp3) is 0.176. The van der Waals surface area contributed by atoms with E-state index in [4.69, 9.17) is 9.47 Å². The van der Waals surface area contributed by atoms with Crippen molar-refractivity contribution < 1.29 is 23.5 Å². The lowest BCUT2D eigenvalue weighted by atomic mass is 10.2. The van der Waals surface area contributed by atoms with Gasteiger partial charge in [-0.15, -0.1) is 0 Å². The van der Waals surface area contributed by atoms with Crippen LogP contribution in [0.4, 0.5) is 10.1 Å². The average Bonchev–Trinajstić information content (AvgIpc) is 2.60. The molecule has 6 nitrogen and oxygen atoms in total. The van der Waals surface area contributed by atoms with Gasteiger partial charge < -0.3 is 20.1 Å². The number of halogens is 1. The largest absolute Gasteiger partial charge is 0.497 e. The molecule has 2 aromatic rings. The molecular formula is C17H17FN2O4. The second-order valence-electron chi connectivity index (χ2n) is 4.79. The summed E-state index contributed by atoms with van der Waals surface area (Å²) >= 11 is 0. The third-order valence-electron chi connectivity index (χ3n) is 3.26. The monoisotopic (exact) mass is 332 g/mol. The summed E-state index contributed by atoms with van der Waals surface area (Å²) in [4.78, 5) is 23.8. The lowest BCUT2D eigenvalue weighted by molar-refractivity contribution is -0.136. The first-order valence-electron chi connectivity index (χ1n) is 7.09. The minimum Gasteiger partial charge on any atom is -0.497 e. The molecule has 0 heterocycles. The number of carbonyl (C=O) groups excluding carboxylic acids is 2. The molecule has 0 unspecified atom stereocenters. The molecule has 0 radical (unpaired) electrons. The fourth-order valence-corrected chi connectivity index (χ4v) is 1.99. The van der Waals surface area contributed by atoms with Gasteiger partial charge in [0.2, 0.25) is 0 Å². The van der Waals surface area contributed by atoms with Crippen molar-refractivity contribution in [3.05, 3.63) is 53.8 Å². The summed E-state index contributed by atoms with van der Waals surface area (Å²) in [6.07, 6.45) is 0. The van der Waals surface area contributed by atoms with E-state index < -0.39 is 17.6 Å². The molecule has 126 valence electrons. The van der Waals surface area contributed by atoms with Crippen molar-refractivity contribution in [3.63, 3.8) is 0 Å². The van der Waals surface area contributed by atoms with Crippen LogP contribution in [0.15, 0.2) is 42.5 Å². The highest BCUT2D eigenvalue weighted by atomic mass is 19.1. The Morgan fingerprint density at radius 2 is 1.79 bits per heavy atom. The van der Waals surface area contributed by atoms with Crippen molar-refractivity contribution in [1.82, 2.24) is 5.32 Å². The maximum Gasteiger partial charge on any atom is 0.313 e. The molecule has 7 heteroatoms. The molecule has 2 N–H and O–H groups in total. The number of hydrogen-bond acceptors (Lipinski definition) is 4. The van der Waals surface area contributed by atoms with E-state index in [2.05, 4.69) is 10.6 Å². The molecule has 0 saturated carbocycles. The van der Waals surface area contributed by atoms with Crippen LogP contribution in [0.5, 0.6) is 11.5 Å². The minimum atomic E-state index is -0.891. The van der Waals surface area contributed by atoms with Gasteiger partial charge in [0.1, 0.15) is 17.3 Å². The van der Waals surface area contributed by atoms with Crippen LogP contribution in [-0.4, -0.2) is 26.0 Å². The Morgan fingerprint density at radius 1 is 1.04 bits per heavy atom. The fourth-order valence-electron chi connectivity index (χ4n) is 1.99. The number of ether oxygens (including phenoxy) is 2. The Bertz CT molecular complexity index is 749. The average molecular weight is 332 g/mol. The summed E-state index contributed by atoms with van der Waals surface area (Å²) in [6.45, 7) is -0.0891. The molecule has 0 spiro atoms. The van der Waals surface area contributed by atoms with Crippen LogP contribution in [0.2, 0.25) is 0 Å². The van der Waals surface area contributed by atoms with E-state index >= 15 is 0 Å². The molecule has 0 aliphatic carbocycles. The maximum atomic E-state index is 13.5. The van der Waals surface area contributed by atoms with E-state index in [9.17, 15) is 14.0 Å². The van der Waals surface area contributed by atoms with Gasteiger partial charge in [0.05, 0.1) is 19.9 Å². The molecule has 2 aromatic carbocycles. The standard InChI is InChI=1S/C17H17FN2O4/c1-23-12-7-8-15(24-2)14(9-12)20-17(22)16(21)19-10-11-5-3-4-6-13(11)18/h3-9H,10H2,1-2H3,(H,19,21)(H,20,22). The van der Waals surface area contributed by atoms with Crippen LogP contribution in [0.25, 0.3) is 0 Å². The second kappa shape index (κ2) is 7.96. The molecule has 2 rings (SSSR count). The Kier molecular flexibility index (Phi) is 5.73. The van der Waals surface area contributed by atoms with Crippen molar-refractivity contribution in [1.29, 1.82) is 0 Å². The first-order chi connectivity index (χ1) is 11.5. The number of anilines is 1. The van der Waals surface area contributed by atoms with E-state index in [0.29, 0.717) is 17.2 Å². The predicted octanol–water partition coefficient (Wildman–Crippen LogP) is 2.10. The van der Waals surface area contributed by atoms with Gasteiger partial charge in [-0.2, -0.15) is 0 Å². The van der Waals surface area contributed by atoms with Gasteiger partial charge in [-0.05, 0) is 18.2 Å². The Hall–Kier alpha value is -3.09. The van der Waals surface area contributed by atoms with Gasteiger partial charge in [0.25, 0.3) is 0 Å². The van der Waals surface area contributed by atoms with Gasteiger partial charge in [0.15, 0.2) is 0 Å². The SMILES string of the molecule is COc1ccc(OC)c(NC(=O)C(=O)NCc2ccccc2F)c1. The topological polar surface area (TPSA) is 76.7 Å². The molecule has 0 aromatic heterocycles. The van der Waals surface area contributed by atoms with E-state index in [1.165, 1.54) is 32.4 Å². The first-order valence-corrected chi connectivity index (χ1v) is 7.09. The molecule has 24 heavy (non-hydrogen) atoms. The molecule has 0 atom stereocenters. The Morgan fingerprint density at radius 3 is 2.46 bits per heavy atom. The van der Waals surface area contributed by atoms with Crippen LogP contribution in [0, 0.1) is 5.82 Å². The van der Waals surface area contributed by atoms with Crippen molar-refractivity contribution in [2.45, 2.75) is 6.54 Å². The number of benzene rings is 2. The smallest absolute Gasteiger partial charge is 0.313 e. The highest BCUT2D eigenvalue weighted by Crippen LogP contribution is 2.28. The highest BCUT2D eigenvalue weighted by molar-refractivity contribution is 6.39. The zero-order chi connectivity index (χ0) is 17.5. The number of hydrogen-bond donors (Lipinski definition) is 2. The quantitative estimate of drug-likeness (QED) is 0.822. The Balaban J connectivity index is 2.01. The summed E-state index contributed by atoms with van der Waals surface area (Å²) < 4.78 is 23.7. The number of carbonyl (C=O) groups is 2. The Labute approximate surface area is 138 Å². The molecule has 0 aliphatic rings. The van der Waals surface area contributed by atoms with Crippen LogP contribution in [0.3, 0.4) is 0 Å². The van der Waals surface area contributed by atoms with Gasteiger partial charge in [-0.1, -0.05) is 18.2 Å². The second-order valence-corrected chi connectivity index (χ2v) is 4.79. The maximum absolute atomic E-state index is 13.5. The van der Waals surface area contributed by atoms with Crippen molar-refractivity contribution >= 4 is 17.5 Å². The summed E-state index contributed by atoms with van der Waals surface area (Å²) in [5.74, 6) is -1.35. The highest BCUT2D eigenvalue weighted by Gasteiger charge is 2.16. The lowest BCUT2D eigenvalue weighted by Gasteiger charge is -2.12. The van der Waals surface area contributed by atoms with E-state index in [-0.39, 0.29) is 12.1 Å². The van der Waals surface area contributed by atoms with Gasteiger partial charge >= 0.3 is 11.8 Å². The third-order valence-corrected chi connectivity index (χ3v) is 3.26. The number of methoxy groups -OCH3 is 2. The molecule has 2 amide bonds. The van der Waals surface area contributed by atoms with Gasteiger partial charge in [-0.25, -0.2) is 4.39 Å². The lowest BCUT2D eigenvalue weighted by Crippen LogP contribution is -2.35. The summed E-state index contributed by atoms with van der Waals surface area (Å²) in [7, 11) is 2.92.